The molecule has 0 heterocycles. The zero-order valence-corrected chi connectivity index (χ0v) is 12.3. The molecule has 0 saturated heterocycles. The maximum atomic E-state index is 12.2. The van der Waals surface area contributed by atoms with Crippen LogP contribution in [0.3, 0.4) is 0 Å². The van der Waals surface area contributed by atoms with Gasteiger partial charge in [0.15, 0.2) is 0 Å². The summed E-state index contributed by atoms with van der Waals surface area (Å²) in [4.78, 5) is 10.7. The third-order valence-corrected chi connectivity index (χ3v) is 4.37. The lowest BCUT2D eigenvalue weighted by Gasteiger charge is -2.21. The summed E-state index contributed by atoms with van der Waals surface area (Å²) in [5, 5.41) is 13.9. The molecule has 0 radical (unpaired) electrons. The van der Waals surface area contributed by atoms with Gasteiger partial charge < -0.3 is 5.32 Å². The van der Waals surface area contributed by atoms with Crippen LogP contribution in [0.15, 0.2) is 29.2 Å². The fourth-order valence-electron chi connectivity index (χ4n) is 1.73. The van der Waals surface area contributed by atoms with E-state index in [0.717, 1.165) is 6.54 Å². The molecular formula is C13H20N2O3S. The van der Waals surface area contributed by atoms with Gasteiger partial charge in [-0.15, -0.1) is 0 Å². The van der Waals surface area contributed by atoms with Crippen LogP contribution in [0, 0.1) is 16.0 Å². The third-order valence-electron chi connectivity index (χ3n) is 2.91. The highest BCUT2D eigenvalue weighted by molar-refractivity contribution is 7.85. The van der Waals surface area contributed by atoms with Gasteiger partial charge in [0, 0.05) is 28.8 Å². The Kier molecular flexibility index (Phi) is 6.11. The van der Waals surface area contributed by atoms with Gasteiger partial charge in [0.2, 0.25) is 0 Å². The Morgan fingerprint density at radius 2 is 1.89 bits per heavy atom. The van der Waals surface area contributed by atoms with Gasteiger partial charge in [-0.2, -0.15) is 0 Å². The molecule has 1 rings (SSSR count). The van der Waals surface area contributed by atoms with E-state index in [-0.39, 0.29) is 11.7 Å². The molecule has 0 aliphatic carbocycles. The first-order valence-corrected chi connectivity index (χ1v) is 7.63. The Labute approximate surface area is 116 Å². The maximum absolute atomic E-state index is 12.2. The van der Waals surface area contributed by atoms with Crippen molar-refractivity contribution in [3.8, 4) is 0 Å². The number of nitrogens with one attached hydrogen (secondary N) is 1. The fourth-order valence-corrected chi connectivity index (χ4v) is 3.19. The first kappa shape index (κ1) is 15.8. The summed E-state index contributed by atoms with van der Waals surface area (Å²) < 4.78 is 12.2. The molecule has 0 spiro atoms. The fraction of sp³-hybridized carbons (Fsp3) is 0.538. The van der Waals surface area contributed by atoms with Crippen LogP contribution in [0.25, 0.3) is 0 Å². The lowest BCUT2D eigenvalue weighted by atomic mass is 10.1. The molecule has 0 saturated carbocycles. The first-order chi connectivity index (χ1) is 8.95. The summed E-state index contributed by atoms with van der Waals surface area (Å²) in [5.41, 5.74) is 0.0212. The molecule has 0 aliphatic rings. The van der Waals surface area contributed by atoms with Crippen molar-refractivity contribution in [3.63, 3.8) is 0 Å². The summed E-state index contributed by atoms with van der Waals surface area (Å²) in [7, 11) is -1.14. The average Bonchev–Trinajstić information content (AvgIpc) is 2.38. The second-order valence-electron chi connectivity index (χ2n) is 4.67. The molecule has 1 aromatic carbocycles. The van der Waals surface area contributed by atoms with E-state index in [4.69, 9.17) is 0 Å². The standard InChI is InChI=1S/C13H20N2O3S/c1-4-14-13(10(2)3)9-19(18)12-7-5-11(6-8-12)15(16)17/h5-8,10,13-14H,4,9H2,1-3H3. The zero-order valence-electron chi connectivity index (χ0n) is 11.5. The first-order valence-electron chi connectivity index (χ1n) is 6.32. The van der Waals surface area contributed by atoms with Crippen molar-refractivity contribution in [2.75, 3.05) is 12.3 Å². The van der Waals surface area contributed by atoms with E-state index in [9.17, 15) is 14.3 Å². The predicted molar refractivity (Wildman–Crippen MR) is 76.7 cm³/mol. The highest BCUT2D eigenvalue weighted by Crippen LogP contribution is 2.16. The van der Waals surface area contributed by atoms with E-state index in [1.54, 1.807) is 12.1 Å². The van der Waals surface area contributed by atoms with E-state index < -0.39 is 15.7 Å². The van der Waals surface area contributed by atoms with E-state index in [2.05, 4.69) is 19.2 Å². The van der Waals surface area contributed by atoms with Crippen LogP contribution in [0.5, 0.6) is 0 Å². The second-order valence-corrected chi connectivity index (χ2v) is 6.17. The average molecular weight is 284 g/mol. The van der Waals surface area contributed by atoms with Gasteiger partial charge in [0.1, 0.15) is 0 Å². The van der Waals surface area contributed by atoms with Gasteiger partial charge in [-0.05, 0) is 24.6 Å². The number of benzene rings is 1. The largest absolute Gasteiger partial charge is 0.313 e. The summed E-state index contributed by atoms with van der Waals surface area (Å²) in [5.74, 6) is 0.908. The molecule has 1 aromatic rings. The number of rotatable bonds is 7. The number of non-ortho nitro benzene ring substituents is 1. The van der Waals surface area contributed by atoms with Crippen LogP contribution in [0.1, 0.15) is 20.8 Å². The van der Waals surface area contributed by atoms with Crippen LogP contribution < -0.4 is 5.32 Å². The second kappa shape index (κ2) is 7.35. The van der Waals surface area contributed by atoms with E-state index in [1.807, 2.05) is 6.92 Å². The van der Waals surface area contributed by atoms with E-state index >= 15 is 0 Å². The Morgan fingerprint density at radius 1 is 1.32 bits per heavy atom. The summed E-state index contributed by atoms with van der Waals surface area (Å²) in [6, 6.07) is 6.10. The normalized spacial score (nSPS) is 14.3. The summed E-state index contributed by atoms with van der Waals surface area (Å²) in [6.07, 6.45) is 0. The Balaban J connectivity index is 2.74. The topological polar surface area (TPSA) is 72.2 Å². The van der Waals surface area contributed by atoms with Crippen molar-refractivity contribution in [1.29, 1.82) is 0 Å². The Bertz CT molecular complexity index is 446. The van der Waals surface area contributed by atoms with E-state index in [0.29, 0.717) is 16.6 Å². The molecule has 0 bridgehead atoms. The Morgan fingerprint density at radius 3 is 2.32 bits per heavy atom. The van der Waals surface area contributed by atoms with Crippen molar-refractivity contribution >= 4 is 16.5 Å². The molecule has 6 heteroatoms. The number of nitro groups is 1. The Hall–Kier alpha value is -1.27. The lowest BCUT2D eigenvalue weighted by Crippen LogP contribution is -2.38. The minimum atomic E-state index is -1.14. The quantitative estimate of drug-likeness (QED) is 0.616. The van der Waals surface area contributed by atoms with Crippen molar-refractivity contribution in [2.24, 2.45) is 5.92 Å². The molecule has 1 N–H and O–H groups in total. The van der Waals surface area contributed by atoms with E-state index in [1.165, 1.54) is 12.1 Å². The van der Waals surface area contributed by atoms with Crippen LogP contribution >= 0.6 is 0 Å². The molecule has 19 heavy (non-hydrogen) atoms. The molecule has 0 aromatic heterocycles. The lowest BCUT2D eigenvalue weighted by molar-refractivity contribution is -0.384. The molecule has 5 nitrogen and oxygen atoms in total. The predicted octanol–water partition coefficient (Wildman–Crippen LogP) is 2.34. The molecule has 0 aliphatic heterocycles. The highest BCUT2D eigenvalue weighted by Gasteiger charge is 2.17. The number of nitro benzene ring substituents is 1. The number of hydrogen-bond acceptors (Lipinski definition) is 4. The number of nitrogens with zero attached hydrogens (tertiary/aromatic N) is 1. The van der Waals surface area contributed by atoms with Crippen LogP contribution in [0.4, 0.5) is 5.69 Å². The monoisotopic (exact) mass is 284 g/mol. The summed E-state index contributed by atoms with van der Waals surface area (Å²) >= 11 is 0. The van der Waals surface area contributed by atoms with Gasteiger partial charge in [-0.3, -0.25) is 14.3 Å². The minimum absolute atomic E-state index is 0.0212. The van der Waals surface area contributed by atoms with Crippen molar-refractivity contribution < 1.29 is 9.13 Å². The van der Waals surface area contributed by atoms with Gasteiger partial charge in [-0.1, -0.05) is 20.8 Å². The molecule has 106 valence electrons. The minimum Gasteiger partial charge on any atom is -0.313 e. The van der Waals surface area contributed by atoms with Crippen LogP contribution in [-0.2, 0) is 10.8 Å². The van der Waals surface area contributed by atoms with Gasteiger partial charge in [0.05, 0.1) is 15.7 Å². The van der Waals surface area contributed by atoms with Crippen molar-refractivity contribution in [1.82, 2.24) is 5.32 Å². The number of hydrogen-bond donors (Lipinski definition) is 1. The van der Waals surface area contributed by atoms with Crippen LogP contribution in [0.2, 0.25) is 0 Å². The van der Waals surface area contributed by atoms with Gasteiger partial charge >= 0.3 is 0 Å². The van der Waals surface area contributed by atoms with Gasteiger partial charge in [0.25, 0.3) is 5.69 Å². The summed E-state index contributed by atoms with van der Waals surface area (Å²) in [6.45, 7) is 7.02. The van der Waals surface area contributed by atoms with Crippen molar-refractivity contribution in [2.45, 2.75) is 31.7 Å². The van der Waals surface area contributed by atoms with Crippen LogP contribution in [-0.4, -0.2) is 27.5 Å². The molecular weight excluding hydrogens is 264 g/mol. The SMILES string of the molecule is CCNC(CS(=O)c1ccc([N+](=O)[O-])cc1)C(C)C. The maximum Gasteiger partial charge on any atom is 0.269 e. The third kappa shape index (κ3) is 4.72. The van der Waals surface area contributed by atoms with Gasteiger partial charge in [-0.25, -0.2) is 0 Å². The smallest absolute Gasteiger partial charge is 0.269 e. The zero-order chi connectivity index (χ0) is 14.4. The molecule has 2 atom stereocenters. The molecule has 0 fully saturated rings. The van der Waals surface area contributed by atoms with Crippen molar-refractivity contribution in [3.05, 3.63) is 34.4 Å². The highest BCUT2D eigenvalue weighted by atomic mass is 32.2. The molecule has 0 amide bonds. The molecule has 2 unspecified atom stereocenters.